The quantitative estimate of drug-likeness (QED) is 0.498. The lowest BCUT2D eigenvalue weighted by molar-refractivity contribution is 0.110. The zero-order valence-corrected chi connectivity index (χ0v) is 11.9. The summed E-state index contributed by atoms with van der Waals surface area (Å²) in [6, 6.07) is 7.01. The molecule has 0 atom stereocenters. The topological polar surface area (TPSA) is 92.3 Å². The van der Waals surface area contributed by atoms with Crippen LogP contribution in [0, 0.1) is 0 Å². The standard InChI is InChI=1S/C14H14N4O4/c1-2-20-6-7-21-12-5-3-4-10-8-11(14(19)22-13(10)12)18-16-9-15-17-18/h3-5,8-9H,2,6-7H2,1H3. The number of ether oxygens (including phenoxy) is 2. The summed E-state index contributed by atoms with van der Waals surface area (Å²) in [5.41, 5.74) is 0.00990. The number of fused-ring (bicyclic) bond motifs is 1. The zero-order valence-electron chi connectivity index (χ0n) is 11.9. The summed E-state index contributed by atoms with van der Waals surface area (Å²) in [5.74, 6) is 0.493. The Bertz CT molecular complexity index is 813. The molecule has 3 aromatic rings. The van der Waals surface area contributed by atoms with Gasteiger partial charge in [0, 0.05) is 12.0 Å². The summed E-state index contributed by atoms with van der Waals surface area (Å²) < 4.78 is 16.2. The Kier molecular flexibility index (Phi) is 4.10. The van der Waals surface area contributed by atoms with Crippen LogP contribution in [0.4, 0.5) is 0 Å². The Morgan fingerprint density at radius 1 is 1.32 bits per heavy atom. The van der Waals surface area contributed by atoms with E-state index in [0.29, 0.717) is 36.5 Å². The molecule has 0 amide bonds. The third-order valence-corrected chi connectivity index (χ3v) is 2.96. The minimum absolute atomic E-state index is 0.191. The molecule has 0 fully saturated rings. The highest BCUT2D eigenvalue weighted by atomic mass is 16.5. The smallest absolute Gasteiger partial charge is 0.364 e. The van der Waals surface area contributed by atoms with Gasteiger partial charge in [-0.25, -0.2) is 4.79 Å². The fraction of sp³-hybridized carbons (Fsp3) is 0.286. The van der Waals surface area contributed by atoms with Gasteiger partial charge in [-0.05, 0) is 24.3 Å². The number of aromatic nitrogens is 4. The molecule has 0 bridgehead atoms. The second-order valence-corrected chi connectivity index (χ2v) is 4.36. The van der Waals surface area contributed by atoms with E-state index in [9.17, 15) is 4.79 Å². The summed E-state index contributed by atoms with van der Waals surface area (Å²) in [5, 5.41) is 11.8. The molecule has 1 aromatic carbocycles. The number of hydrogen-bond acceptors (Lipinski definition) is 7. The molecule has 0 aliphatic rings. The SMILES string of the molecule is CCOCCOc1cccc2cc(-n3ncnn3)c(=O)oc12. The Morgan fingerprint density at radius 3 is 3.00 bits per heavy atom. The van der Waals surface area contributed by atoms with Gasteiger partial charge in [-0.1, -0.05) is 12.1 Å². The maximum Gasteiger partial charge on any atom is 0.364 e. The molecular weight excluding hydrogens is 288 g/mol. The normalized spacial score (nSPS) is 11.0. The van der Waals surface area contributed by atoms with E-state index in [1.807, 2.05) is 19.1 Å². The summed E-state index contributed by atoms with van der Waals surface area (Å²) in [4.78, 5) is 13.2. The molecule has 0 aliphatic carbocycles. The first-order chi connectivity index (χ1) is 10.8. The molecule has 0 N–H and O–H groups in total. The van der Waals surface area contributed by atoms with Gasteiger partial charge in [0.15, 0.2) is 23.3 Å². The average molecular weight is 302 g/mol. The number of benzene rings is 1. The van der Waals surface area contributed by atoms with E-state index in [-0.39, 0.29) is 5.69 Å². The van der Waals surface area contributed by atoms with Crippen LogP contribution in [0.3, 0.4) is 0 Å². The van der Waals surface area contributed by atoms with Crippen molar-refractivity contribution in [2.24, 2.45) is 0 Å². The van der Waals surface area contributed by atoms with E-state index in [1.54, 1.807) is 12.1 Å². The minimum Gasteiger partial charge on any atom is -0.487 e. The number of tetrazole rings is 1. The van der Waals surface area contributed by atoms with Crippen molar-refractivity contribution in [1.82, 2.24) is 20.2 Å². The lowest BCUT2D eigenvalue weighted by Crippen LogP contribution is -2.13. The third-order valence-electron chi connectivity index (χ3n) is 2.96. The minimum atomic E-state index is -0.564. The van der Waals surface area contributed by atoms with E-state index in [4.69, 9.17) is 13.9 Å². The lowest BCUT2D eigenvalue weighted by Gasteiger charge is -2.08. The van der Waals surface area contributed by atoms with Gasteiger partial charge in [-0.2, -0.15) is 0 Å². The van der Waals surface area contributed by atoms with Crippen molar-refractivity contribution in [3.8, 4) is 11.4 Å². The van der Waals surface area contributed by atoms with Gasteiger partial charge in [0.25, 0.3) is 0 Å². The van der Waals surface area contributed by atoms with Crippen molar-refractivity contribution in [1.29, 1.82) is 0 Å². The van der Waals surface area contributed by atoms with Gasteiger partial charge in [0.05, 0.1) is 6.61 Å². The van der Waals surface area contributed by atoms with E-state index in [1.165, 1.54) is 6.33 Å². The van der Waals surface area contributed by atoms with Crippen LogP contribution in [0.2, 0.25) is 0 Å². The molecule has 0 unspecified atom stereocenters. The van der Waals surface area contributed by atoms with Crippen LogP contribution in [-0.4, -0.2) is 40.0 Å². The van der Waals surface area contributed by atoms with Gasteiger partial charge in [-0.3, -0.25) is 0 Å². The molecule has 8 heteroatoms. The van der Waals surface area contributed by atoms with Crippen LogP contribution in [0.25, 0.3) is 16.7 Å². The Labute approximate surface area is 125 Å². The van der Waals surface area contributed by atoms with E-state index in [0.717, 1.165) is 4.80 Å². The van der Waals surface area contributed by atoms with Crippen LogP contribution in [-0.2, 0) is 4.74 Å². The summed E-state index contributed by atoms with van der Waals surface area (Å²) in [6.45, 7) is 3.39. The summed E-state index contributed by atoms with van der Waals surface area (Å²) >= 11 is 0. The van der Waals surface area contributed by atoms with Crippen LogP contribution in [0.15, 0.2) is 39.8 Å². The Morgan fingerprint density at radius 2 is 2.23 bits per heavy atom. The molecule has 114 valence electrons. The highest BCUT2D eigenvalue weighted by Crippen LogP contribution is 2.25. The highest BCUT2D eigenvalue weighted by molar-refractivity contribution is 5.83. The highest BCUT2D eigenvalue weighted by Gasteiger charge is 2.12. The molecule has 0 radical (unpaired) electrons. The van der Waals surface area contributed by atoms with Gasteiger partial charge in [0.1, 0.15) is 6.61 Å². The van der Waals surface area contributed by atoms with Crippen LogP contribution >= 0.6 is 0 Å². The summed E-state index contributed by atoms with van der Waals surface area (Å²) in [7, 11) is 0. The maximum absolute atomic E-state index is 12.1. The first-order valence-electron chi connectivity index (χ1n) is 6.80. The third kappa shape index (κ3) is 2.82. The second kappa shape index (κ2) is 6.35. The number of hydrogen-bond donors (Lipinski definition) is 0. The molecule has 0 spiro atoms. The molecule has 8 nitrogen and oxygen atoms in total. The van der Waals surface area contributed by atoms with Crippen LogP contribution in [0.1, 0.15) is 6.92 Å². The molecule has 0 saturated carbocycles. The molecule has 2 aromatic heterocycles. The molecular formula is C14H14N4O4. The van der Waals surface area contributed by atoms with Gasteiger partial charge in [0.2, 0.25) is 0 Å². The van der Waals surface area contributed by atoms with Crippen molar-refractivity contribution in [2.45, 2.75) is 6.92 Å². The molecule has 3 rings (SSSR count). The fourth-order valence-electron chi connectivity index (χ4n) is 1.99. The first kappa shape index (κ1) is 14.2. The van der Waals surface area contributed by atoms with Crippen molar-refractivity contribution >= 4 is 11.0 Å². The van der Waals surface area contributed by atoms with Crippen molar-refractivity contribution in [3.05, 3.63) is 41.0 Å². The molecule has 2 heterocycles. The number of para-hydroxylation sites is 1. The number of rotatable bonds is 6. The van der Waals surface area contributed by atoms with Crippen LogP contribution < -0.4 is 10.4 Å². The van der Waals surface area contributed by atoms with Crippen molar-refractivity contribution in [2.75, 3.05) is 19.8 Å². The predicted octanol–water partition coefficient (Wildman–Crippen LogP) is 1.18. The molecule has 22 heavy (non-hydrogen) atoms. The van der Waals surface area contributed by atoms with E-state index < -0.39 is 5.63 Å². The van der Waals surface area contributed by atoms with Gasteiger partial charge >= 0.3 is 5.63 Å². The van der Waals surface area contributed by atoms with Crippen molar-refractivity contribution < 1.29 is 13.9 Å². The van der Waals surface area contributed by atoms with E-state index in [2.05, 4.69) is 15.4 Å². The Balaban J connectivity index is 1.96. The fourth-order valence-corrected chi connectivity index (χ4v) is 1.99. The second-order valence-electron chi connectivity index (χ2n) is 4.36. The average Bonchev–Trinajstić information content (AvgIpc) is 3.05. The van der Waals surface area contributed by atoms with Crippen molar-refractivity contribution in [3.63, 3.8) is 0 Å². The zero-order chi connectivity index (χ0) is 15.4. The monoisotopic (exact) mass is 302 g/mol. The number of nitrogens with zero attached hydrogens (tertiary/aromatic N) is 4. The largest absolute Gasteiger partial charge is 0.487 e. The van der Waals surface area contributed by atoms with Crippen LogP contribution in [0.5, 0.6) is 5.75 Å². The first-order valence-corrected chi connectivity index (χ1v) is 6.80. The predicted molar refractivity (Wildman–Crippen MR) is 77.2 cm³/mol. The molecule has 0 saturated heterocycles. The Hall–Kier alpha value is -2.74. The lowest BCUT2D eigenvalue weighted by atomic mass is 10.2. The molecule has 0 aliphatic heterocycles. The van der Waals surface area contributed by atoms with Gasteiger partial charge < -0.3 is 13.9 Å². The summed E-state index contributed by atoms with van der Waals surface area (Å²) in [6.07, 6.45) is 1.25. The van der Waals surface area contributed by atoms with Gasteiger partial charge in [-0.15, -0.1) is 15.0 Å². The van der Waals surface area contributed by atoms with E-state index >= 15 is 0 Å². The maximum atomic E-state index is 12.1.